The van der Waals surface area contributed by atoms with Gasteiger partial charge >= 0.3 is 5.97 Å². The fourth-order valence-corrected chi connectivity index (χ4v) is 5.04. The molecule has 3 N–H and O–H groups in total. The molecule has 1 aromatic carbocycles. The second-order valence-corrected chi connectivity index (χ2v) is 9.68. The van der Waals surface area contributed by atoms with Gasteiger partial charge in [-0.1, -0.05) is 24.3 Å². The Kier molecular flexibility index (Phi) is 8.75. The van der Waals surface area contributed by atoms with Crippen LogP contribution in [0.3, 0.4) is 0 Å². The van der Waals surface area contributed by atoms with E-state index in [9.17, 15) is 19.5 Å². The quantitative estimate of drug-likeness (QED) is 0.458. The van der Waals surface area contributed by atoms with Crippen LogP contribution in [0, 0.1) is 0 Å². The van der Waals surface area contributed by atoms with Gasteiger partial charge in [0.2, 0.25) is 11.8 Å². The molecule has 0 saturated heterocycles. The fourth-order valence-electron chi connectivity index (χ4n) is 3.37. The molecule has 1 aromatic heterocycles. The second kappa shape index (κ2) is 11.7. The van der Waals surface area contributed by atoms with Crippen molar-refractivity contribution in [2.45, 2.75) is 43.0 Å². The Morgan fingerprint density at radius 1 is 1.16 bits per heavy atom. The van der Waals surface area contributed by atoms with Gasteiger partial charge in [0.1, 0.15) is 17.8 Å². The number of allylic oxidation sites excluding steroid dienone is 1. The van der Waals surface area contributed by atoms with Crippen molar-refractivity contribution < 1.29 is 24.2 Å². The van der Waals surface area contributed by atoms with Crippen molar-refractivity contribution in [1.82, 2.24) is 10.6 Å². The van der Waals surface area contributed by atoms with Crippen molar-refractivity contribution in [2.24, 2.45) is 0 Å². The SMILES string of the molecule is COC(=O)[C@H](Cc1ccc(O)cc1)NC(=O)[C@H](CC1CC=CS1)NC(=O)Cc1cccs1. The molecule has 0 fully saturated rings. The Morgan fingerprint density at radius 2 is 1.94 bits per heavy atom. The number of nitrogens with one attached hydrogen (secondary N) is 2. The van der Waals surface area contributed by atoms with Crippen molar-refractivity contribution in [2.75, 3.05) is 7.11 Å². The zero-order valence-corrected chi connectivity index (χ0v) is 19.3. The second-order valence-electron chi connectivity index (χ2n) is 7.43. The standard InChI is InChI=1S/C23H26N2O5S2/c1-30-23(29)20(12-15-6-8-16(26)9-7-15)25-22(28)19(13-17-4-2-10-31-17)24-21(27)14-18-5-3-11-32-18/h2-3,5-11,17,19-20,26H,4,12-14H2,1H3,(H,24,27)(H,25,28)/t17?,19-,20-/m0/s1. The molecule has 1 unspecified atom stereocenters. The number of ether oxygens (including phenoxy) is 1. The molecule has 0 radical (unpaired) electrons. The van der Waals surface area contributed by atoms with Gasteiger partial charge in [-0.15, -0.1) is 23.1 Å². The number of carbonyl (C=O) groups is 3. The molecule has 0 saturated carbocycles. The number of carbonyl (C=O) groups excluding carboxylic acids is 3. The molecule has 3 rings (SSSR count). The van der Waals surface area contributed by atoms with Gasteiger partial charge in [0.15, 0.2) is 0 Å². The van der Waals surface area contributed by atoms with Gasteiger partial charge in [-0.25, -0.2) is 4.79 Å². The van der Waals surface area contributed by atoms with Crippen LogP contribution >= 0.6 is 23.1 Å². The number of phenolic OH excluding ortho intramolecular Hbond substituents is 1. The number of hydrogen-bond acceptors (Lipinski definition) is 7. The number of amides is 2. The minimum absolute atomic E-state index is 0.114. The Morgan fingerprint density at radius 3 is 2.56 bits per heavy atom. The number of phenols is 1. The van der Waals surface area contributed by atoms with Gasteiger partial charge < -0.3 is 20.5 Å². The molecule has 2 aromatic rings. The van der Waals surface area contributed by atoms with Crippen LogP contribution in [-0.2, 0) is 32.0 Å². The average molecular weight is 475 g/mol. The monoisotopic (exact) mass is 474 g/mol. The number of methoxy groups -OCH3 is 1. The van der Waals surface area contributed by atoms with Crippen LogP contribution in [0.15, 0.2) is 53.3 Å². The molecule has 0 spiro atoms. The summed E-state index contributed by atoms with van der Waals surface area (Å²) < 4.78 is 4.87. The Bertz CT molecular complexity index is 936. The van der Waals surface area contributed by atoms with Crippen molar-refractivity contribution in [3.63, 3.8) is 0 Å². The summed E-state index contributed by atoms with van der Waals surface area (Å²) in [5.74, 6) is -1.13. The largest absolute Gasteiger partial charge is 0.508 e. The van der Waals surface area contributed by atoms with E-state index in [1.807, 2.05) is 29.0 Å². The minimum atomic E-state index is -0.914. The summed E-state index contributed by atoms with van der Waals surface area (Å²) in [7, 11) is 1.26. The predicted octanol–water partition coefficient (Wildman–Crippen LogP) is 2.79. The highest BCUT2D eigenvalue weighted by atomic mass is 32.2. The maximum Gasteiger partial charge on any atom is 0.328 e. The lowest BCUT2D eigenvalue weighted by Gasteiger charge is -2.24. The van der Waals surface area contributed by atoms with Crippen molar-refractivity contribution >= 4 is 40.9 Å². The molecule has 170 valence electrons. The third-order valence-corrected chi connectivity index (χ3v) is 7.01. The first-order chi connectivity index (χ1) is 15.4. The predicted molar refractivity (Wildman–Crippen MR) is 125 cm³/mol. The molecule has 1 aliphatic heterocycles. The molecule has 2 heterocycles. The van der Waals surface area contributed by atoms with Crippen LogP contribution in [0.1, 0.15) is 23.3 Å². The van der Waals surface area contributed by atoms with E-state index in [-0.39, 0.29) is 29.7 Å². The molecule has 9 heteroatoms. The molecular formula is C23H26N2O5S2. The summed E-state index contributed by atoms with van der Waals surface area (Å²) in [6.45, 7) is 0. The van der Waals surface area contributed by atoms with Crippen LogP contribution < -0.4 is 10.6 Å². The van der Waals surface area contributed by atoms with E-state index in [1.165, 1.54) is 30.6 Å². The average Bonchev–Trinajstić information content (AvgIpc) is 3.48. The summed E-state index contributed by atoms with van der Waals surface area (Å²) in [5, 5.41) is 19.1. The van der Waals surface area contributed by atoms with Crippen molar-refractivity contribution in [1.29, 1.82) is 0 Å². The van der Waals surface area contributed by atoms with Crippen LogP contribution in [-0.4, -0.2) is 47.3 Å². The number of thiophene rings is 1. The first-order valence-electron chi connectivity index (χ1n) is 10.2. The lowest BCUT2D eigenvalue weighted by atomic mass is 10.0. The van der Waals surface area contributed by atoms with Crippen molar-refractivity contribution in [3.8, 4) is 5.75 Å². The molecule has 0 aliphatic carbocycles. The van der Waals surface area contributed by atoms with Crippen LogP contribution in [0.25, 0.3) is 0 Å². The van der Waals surface area contributed by atoms with E-state index >= 15 is 0 Å². The van der Waals surface area contributed by atoms with E-state index in [0.717, 1.165) is 16.9 Å². The van der Waals surface area contributed by atoms with E-state index in [1.54, 1.807) is 23.9 Å². The zero-order chi connectivity index (χ0) is 22.9. The first kappa shape index (κ1) is 23.9. The number of esters is 1. The third-order valence-electron chi connectivity index (χ3n) is 5.01. The van der Waals surface area contributed by atoms with Gasteiger partial charge in [-0.05, 0) is 47.4 Å². The topological polar surface area (TPSA) is 105 Å². The van der Waals surface area contributed by atoms with Crippen LogP contribution in [0.2, 0.25) is 0 Å². The minimum Gasteiger partial charge on any atom is -0.508 e. The van der Waals surface area contributed by atoms with Gasteiger partial charge in [0, 0.05) is 16.5 Å². The lowest BCUT2D eigenvalue weighted by molar-refractivity contribution is -0.145. The van der Waals surface area contributed by atoms with E-state index in [0.29, 0.717) is 6.42 Å². The van der Waals surface area contributed by atoms with Crippen LogP contribution in [0.5, 0.6) is 5.75 Å². The van der Waals surface area contributed by atoms with Gasteiger partial charge in [0.05, 0.1) is 13.5 Å². The van der Waals surface area contributed by atoms with Gasteiger partial charge in [-0.3, -0.25) is 9.59 Å². The molecule has 32 heavy (non-hydrogen) atoms. The fraction of sp³-hybridized carbons (Fsp3) is 0.348. The van der Waals surface area contributed by atoms with Crippen molar-refractivity contribution in [3.05, 3.63) is 63.7 Å². The van der Waals surface area contributed by atoms with E-state index in [4.69, 9.17) is 4.74 Å². The number of rotatable bonds is 10. The summed E-state index contributed by atoms with van der Waals surface area (Å²) in [6, 6.07) is 8.46. The maximum absolute atomic E-state index is 13.1. The highest BCUT2D eigenvalue weighted by Gasteiger charge is 2.30. The zero-order valence-electron chi connectivity index (χ0n) is 17.7. The maximum atomic E-state index is 13.1. The van der Waals surface area contributed by atoms with E-state index < -0.39 is 24.0 Å². The molecule has 2 amide bonds. The Balaban J connectivity index is 1.69. The summed E-state index contributed by atoms with van der Waals surface area (Å²) in [6.07, 6.45) is 3.72. The van der Waals surface area contributed by atoms with E-state index in [2.05, 4.69) is 10.6 Å². The smallest absolute Gasteiger partial charge is 0.328 e. The van der Waals surface area contributed by atoms with Gasteiger partial charge in [0.25, 0.3) is 0 Å². The summed E-state index contributed by atoms with van der Waals surface area (Å²) >= 11 is 3.11. The molecule has 7 nitrogen and oxygen atoms in total. The first-order valence-corrected chi connectivity index (χ1v) is 12.0. The molecular weight excluding hydrogens is 448 g/mol. The normalized spacial score (nSPS) is 16.8. The third kappa shape index (κ3) is 7.13. The number of aromatic hydroxyl groups is 1. The van der Waals surface area contributed by atoms with Gasteiger partial charge in [-0.2, -0.15) is 0 Å². The number of thioether (sulfide) groups is 1. The molecule has 0 bridgehead atoms. The van der Waals surface area contributed by atoms with Crippen LogP contribution in [0.4, 0.5) is 0 Å². The Hall–Kier alpha value is -2.78. The molecule has 3 atom stereocenters. The highest BCUT2D eigenvalue weighted by molar-refractivity contribution is 8.03. The summed E-state index contributed by atoms with van der Waals surface area (Å²) in [4.78, 5) is 39.0. The Labute approximate surface area is 195 Å². The number of benzene rings is 1. The lowest BCUT2D eigenvalue weighted by Crippen LogP contribution is -2.53. The molecule has 1 aliphatic rings. The number of hydrogen-bond donors (Lipinski definition) is 3. The highest BCUT2D eigenvalue weighted by Crippen LogP contribution is 2.28. The summed E-state index contributed by atoms with van der Waals surface area (Å²) in [5.41, 5.74) is 0.757.